The highest BCUT2D eigenvalue weighted by molar-refractivity contribution is 5.74. The predicted octanol–water partition coefficient (Wildman–Crippen LogP) is 1.85. The summed E-state index contributed by atoms with van der Waals surface area (Å²) in [7, 11) is 1.55. The van der Waals surface area contributed by atoms with Gasteiger partial charge in [-0.15, -0.1) is 6.42 Å². The second-order valence-corrected chi connectivity index (χ2v) is 3.93. The van der Waals surface area contributed by atoms with Gasteiger partial charge in [0, 0.05) is 13.5 Å². The van der Waals surface area contributed by atoms with Gasteiger partial charge in [-0.2, -0.15) is 0 Å². The summed E-state index contributed by atoms with van der Waals surface area (Å²) in [6.45, 7) is 0.152. The van der Waals surface area contributed by atoms with Crippen LogP contribution in [0.15, 0.2) is 23.8 Å². The quantitative estimate of drug-likeness (QED) is 0.430. The molecule has 94 valence electrons. The Balaban J connectivity index is 2.85. The van der Waals surface area contributed by atoms with Crippen molar-refractivity contribution >= 4 is 6.29 Å². The number of hydrogen-bond donors (Lipinski definition) is 0. The summed E-state index contributed by atoms with van der Waals surface area (Å²) in [5, 5.41) is 0. The first-order chi connectivity index (χ1) is 8.76. The number of carbonyl (C=O) groups is 1. The molecule has 1 atom stereocenters. The van der Waals surface area contributed by atoms with Crippen LogP contribution in [-0.2, 0) is 14.3 Å². The van der Waals surface area contributed by atoms with Gasteiger partial charge in [-0.3, -0.25) is 4.79 Å². The first-order valence-electron chi connectivity index (χ1n) is 5.67. The Hall–Kier alpha value is -1.81. The van der Waals surface area contributed by atoms with Crippen LogP contribution in [0.5, 0.6) is 0 Å². The fourth-order valence-corrected chi connectivity index (χ4v) is 1.77. The maximum absolute atomic E-state index is 10.9. The van der Waals surface area contributed by atoms with Crippen molar-refractivity contribution in [3.63, 3.8) is 0 Å². The van der Waals surface area contributed by atoms with Crippen molar-refractivity contribution in [3.05, 3.63) is 23.8 Å². The molecule has 18 heavy (non-hydrogen) atoms. The number of terminal acetylenes is 1. The lowest BCUT2D eigenvalue weighted by molar-refractivity contribution is -0.114. The lowest BCUT2D eigenvalue weighted by Crippen LogP contribution is -2.34. The fraction of sp³-hybridized carbons (Fsp3) is 0.400. The Morgan fingerprint density at radius 2 is 2.39 bits per heavy atom. The molecule has 1 aliphatic carbocycles. The summed E-state index contributed by atoms with van der Waals surface area (Å²) < 4.78 is 10.6. The van der Waals surface area contributed by atoms with E-state index in [-0.39, 0.29) is 6.79 Å². The minimum absolute atomic E-state index is 0.152. The maximum Gasteiger partial charge on any atom is 0.148 e. The van der Waals surface area contributed by atoms with E-state index in [1.165, 1.54) is 6.08 Å². The normalized spacial score (nSPS) is 22.8. The Labute approximate surface area is 108 Å². The molecule has 0 aromatic carbocycles. The van der Waals surface area contributed by atoms with Crippen molar-refractivity contribution in [2.24, 2.45) is 0 Å². The standard InChI is InChI=1S/C15H16O3/c1-3-4-5-6-9-15(18-13-17-2)10-7-8-14(11-15)12-16/h1,4-5,8,12H,7,10-11,13H2,2H3. The van der Waals surface area contributed by atoms with Gasteiger partial charge in [0.2, 0.25) is 0 Å². The van der Waals surface area contributed by atoms with Gasteiger partial charge in [0.1, 0.15) is 18.7 Å². The number of aldehydes is 1. The van der Waals surface area contributed by atoms with E-state index < -0.39 is 5.60 Å². The molecule has 0 bridgehead atoms. The number of methoxy groups -OCH3 is 1. The Morgan fingerprint density at radius 1 is 1.56 bits per heavy atom. The molecule has 0 radical (unpaired) electrons. The molecule has 1 rings (SSSR count). The minimum atomic E-state index is -0.653. The van der Waals surface area contributed by atoms with Gasteiger partial charge in [-0.05, 0) is 30.6 Å². The monoisotopic (exact) mass is 244 g/mol. The van der Waals surface area contributed by atoms with Crippen LogP contribution >= 0.6 is 0 Å². The first kappa shape index (κ1) is 14.3. The highest BCUT2D eigenvalue weighted by Crippen LogP contribution is 2.30. The zero-order chi connectivity index (χ0) is 13.3. The van der Waals surface area contributed by atoms with Crippen LogP contribution in [0.4, 0.5) is 0 Å². The Kier molecular flexibility index (Phi) is 5.94. The van der Waals surface area contributed by atoms with Crippen LogP contribution in [0.25, 0.3) is 0 Å². The van der Waals surface area contributed by atoms with Crippen molar-refractivity contribution < 1.29 is 14.3 Å². The van der Waals surface area contributed by atoms with E-state index in [4.69, 9.17) is 15.9 Å². The molecule has 1 unspecified atom stereocenters. The van der Waals surface area contributed by atoms with Gasteiger partial charge < -0.3 is 9.47 Å². The summed E-state index contributed by atoms with van der Waals surface area (Å²) in [5.74, 6) is 8.25. The van der Waals surface area contributed by atoms with Crippen LogP contribution < -0.4 is 0 Å². The van der Waals surface area contributed by atoms with Crippen molar-refractivity contribution in [1.82, 2.24) is 0 Å². The molecular weight excluding hydrogens is 228 g/mol. The highest BCUT2D eigenvalue weighted by atomic mass is 16.7. The van der Waals surface area contributed by atoms with E-state index in [1.54, 1.807) is 13.2 Å². The van der Waals surface area contributed by atoms with E-state index in [9.17, 15) is 4.79 Å². The predicted molar refractivity (Wildman–Crippen MR) is 69.4 cm³/mol. The van der Waals surface area contributed by atoms with Crippen LogP contribution in [0.3, 0.4) is 0 Å². The van der Waals surface area contributed by atoms with Gasteiger partial charge in [0.05, 0.1) is 0 Å². The topological polar surface area (TPSA) is 35.5 Å². The molecule has 0 heterocycles. The second-order valence-electron chi connectivity index (χ2n) is 3.93. The SMILES string of the molecule is C#CC=CC#CC1(OCOC)CCC=C(C=O)C1. The fourth-order valence-electron chi connectivity index (χ4n) is 1.77. The van der Waals surface area contributed by atoms with Crippen LogP contribution in [0, 0.1) is 24.2 Å². The summed E-state index contributed by atoms with van der Waals surface area (Å²) in [6, 6.07) is 0. The zero-order valence-corrected chi connectivity index (χ0v) is 10.4. The lowest BCUT2D eigenvalue weighted by Gasteiger charge is -2.31. The number of rotatable bonds is 4. The van der Waals surface area contributed by atoms with Gasteiger partial charge in [0.25, 0.3) is 0 Å². The smallest absolute Gasteiger partial charge is 0.148 e. The van der Waals surface area contributed by atoms with Gasteiger partial charge in [-0.25, -0.2) is 0 Å². The van der Waals surface area contributed by atoms with Gasteiger partial charge >= 0.3 is 0 Å². The van der Waals surface area contributed by atoms with Crippen molar-refractivity contribution in [2.45, 2.75) is 24.9 Å². The summed E-state index contributed by atoms with van der Waals surface area (Å²) in [5.41, 5.74) is 0.0625. The average molecular weight is 244 g/mol. The Morgan fingerprint density at radius 3 is 3.06 bits per heavy atom. The molecule has 0 N–H and O–H groups in total. The van der Waals surface area contributed by atoms with Crippen molar-refractivity contribution in [2.75, 3.05) is 13.9 Å². The van der Waals surface area contributed by atoms with E-state index in [2.05, 4.69) is 17.8 Å². The van der Waals surface area contributed by atoms with Crippen LogP contribution in [0.2, 0.25) is 0 Å². The molecule has 0 aliphatic heterocycles. The molecule has 0 aromatic heterocycles. The molecule has 0 aromatic rings. The third-order valence-electron chi connectivity index (χ3n) is 2.61. The third kappa shape index (κ3) is 4.22. The minimum Gasteiger partial charge on any atom is -0.359 e. The largest absolute Gasteiger partial charge is 0.359 e. The van der Waals surface area contributed by atoms with Crippen molar-refractivity contribution in [3.8, 4) is 24.2 Å². The second kappa shape index (κ2) is 7.50. The van der Waals surface area contributed by atoms with Crippen LogP contribution in [-0.4, -0.2) is 25.8 Å². The van der Waals surface area contributed by atoms with Gasteiger partial charge in [-0.1, -0.05) is 23.8 Å². The molecule has 0 saturated carbocycles. The summed E-state index contributed by atoms with van der Waals surface area (Å²) in [4.78, 5) is 10.9. The third-order valence-corrected chi connectivity index (χ3v) is 2.61. The van der Waals surface area contributed by atoms with E-state index in [0.29, 0.717) is 12.0 Å². The van der Waals surface area contributed by atoms with Crippen molar-refractivity contribution in [1.29, 1.82) is 0 Å². The van der Waals surface area contributed by atoms with Gasteiger partial charge in [0.15, 0.2) is 0 Å². The molecule has 0 spiro atoms. The zero-order valence-electron chi connectivity index (χ0n) is 10.4. The molecule has 0 fully saturated rings. The molecule has 3 nitrogen and oxygen atoms in total. The number of carbonyl (C=O) groups excluding carboxylic acids is 1. The molecule has 3 heteroatoms. The Bertz CT molecular complexity index is 443. The molecule has 0 saturated heterocycles. The van der Waals surface area contributed by atoms with Crippen LogP contribution in [0.1, 0.15) is 19.3 Å². The first-order valence-corrected chi connectivity index (χ1v) is 5.67. The molecule has 0 amide bonds. The number of hydrogen-bond acceptors (Lipinski definition) is 3. The lowest BCUT2D eigenvalue weighted by atomic mass is 9.85. The summed E-state index contributed by atoms with van der Waals surface area (Å²) >= 11 is 0. The number of ether oxygens (including phenoxy) is 2. The van der Waals surface area contributed by atoms with E-state index in [0.717, 1.165) is 19.1 Å². The van der Waals surface area contributed by atoms with E-state index in [1.807, 2.05) is 6.08 Å². The summed E-state index contributed by atoms with van der Waals surface area (Å²) in [6.07, 6.45) is 13.0. The number of allylic oxidation sites excluding steroid dienone is 3. The van der Waals surface area contributed by atoms with E-state index >= 15 is 0 Å². The maximum atomic E-state index is 10.9. The molecule has 1 aliphatic rings. The average Bonchev–Trinajstić information content (AvgIpc) is 2.42. The highest BCUT2D eigenvalue weighted by Gasteiger charge is 2.32. The molecular formula is C15H16O3.